The highest BCUT2D eigenvalue weighted by atomic mass is 32.2. The number of rotatable bonds is 14. The third kappa shape index (κ3) is 9.28. The van der Waals surface area contributed by atoms with Crippen LogP contribution >= 0.6 is 11.8 Å². The van der Waals surface area contributed by atoms with Crippen molar-refractivity contribution in [3.63, 3.8) is 0 Å². The molecule has 6 unspecified atom stereocenters. The first-order valence-corrected chi connectivity index (χ1v) is 11.1. The van der Waals surface area contributed by atoms with Crippen LogP contribution in [0.5, 0.6) is 0 Å². The van der Waals surface area contributed by atoms with Crippen LogP contribution in [0.4, 0.5) is 0 Å². The predicted molar refractivity (Wildman–Crippen MR) is 113 cm³/mol. The monoisotopic (exact) mass is 450 g/mol. The minimum absolute atomic E-state index is 0.218. The normalized spacial score (nSPS) is 17.0. The number of carbonyl (C=O) groups is 4. The second kappa shape index (κ2) is 14.2. The second-order valence-electron chi connectivity index (χ2n) is 7.06. The summed E-state index contributed by atoms with van der Waals surface area (Å²) in [6.45, 7) is 4.00. The third-order valence-electron chi connectivity index (χ3n) is 4.66. The highest BCUT2D eigenvalue weighted by molar-refractivity contribution is 7.98. The summed E-state index contributed by atoms with van der Waals surface area (Å²) < 4.78 is 0. The molecular formula is C18H34N4O7S. The quantitative estimate of drug-likeness (QED) is 0.157. The van der Waals surface area contributed by atoms with E-state index in [4.69, 9.17) is 5.73 Å². The van der Waals surface area contributed by atoms with Gasteiger partial charge in [0.2, 0.25) is 17.7 Å². The summed E-state index contributed by atoms with van der Waals surface area (Å²) in [7, 11) is 0. The lowest BCUT2D eigenvalue weighted by molar-refractivity contribution is -0.144. The molecule has 0 saturated carbocycles. The van der Waals surface area contributed by atoms with Crippen molar-refractivity contribution in [1.29, 1.82) is 0 Å². The van der Waals surface area contributed by atoms with Crippen LogP contribution in [-0.4, -0.2) is 87.9 Å². The molecule has 0 aromatic heterocycles. The van der Waals surface area contributed by atoms with Gasteiger partial charge in [-0.05, 0) is 31.3 Å². The summed E-state index contributed by atoms with van der Waals surface area (Å²) in [6.07, 6.45) is 1.40. The molecule has 0 aromatic carbocycles. The van der Waals surface area contributed by atoms with E-state index in [1.54, 1.807) is 13.8 Å². The van der Waals surface area contributed by atoms with Crippen molar-refractivity contribution in [2.75, 3.05) is 18.6 Å². The summed E-state index contributed by atoms with van der Waals surface area (Å²) >= 11 is 1.43. The molecule has 11 nitrogen and oxygen atoms in total. The standard InChI is InChI=1S/C18H34N4O7S/c1-5-9(2)14(18(28)29)22-16(26)12(8-23)21-15(25)11(6-7-30-4)20-17(27)13(19)10(3)24/h9-14,23-24H,5-8,19H2,1-4H3,(H,20,27)(H,21,25)(H,22,26)(H,28,29). The van der Waals surface area contributed by atoms with Gasteiger partial charge < -0.3 is 37.0 Å². The van der Waals surface area contributed by atoms with E-state index in [2.05, 4.69) is 16.0 Å². The number of thioether (sulfide) groups is 1. The Morgan fingerprint density at radius 2 is 1.53 bits per heavy atom. The fourth-order valence-corrected chi connectivity index (χ4v) is 2.87. The molecule has 3 amide bonds. The smallest absolute Gasteiger partial charge is 0.326 e. The summed E-state index contributed by atoms with van der Waals surface area (Å²) in [5.41, 5.74) is 5.58. The third-order valence-corrected chi connectivity index (χ3v) is 5.30. The van der Waals surface area contributed by atoms with Crippen LogP contribution in [0, 0.1) is 5.92 Å². The van der Waals surface area contributed by atoms with Crippen molar-refractivity contribution in [3.8, 4) is 0 Å². The van der Waals surface area contributed by atoms with E-state index in [0.29, 0.717) is 12.2 Å². The molecule has 0 spiro atoms. The molecule has 0 radical (unpaired) electrons. The van der Waals surface area contributed by atoms with E-state index in [1.807, 2.05) is 6.26 Å². The van der Waals surface area contributed by atoms with Gasteiger partial charge in [0.1, 0.15) is 24.2 Å². The molecule has 0 rings (SSSR count). The van der Waals surface area contributed by atoms with E-state index in [9.17, 15) is 34.5 Å². The molecule has 0 bridgehead atoms. The van der Waals surface area contributed by atoms with Gasteiger partial charge in [-0.15, -0.1) is 0 Å². The van der Waals surface area contributed by atoms with Crippen molar-refractivity contribution in [3.05, 3.63) is 0 Å². The number of amides is 3. The SMILES string of the molecule is CCC(C)C(NC(=O)C(CO)NC(=O)C(CCSC)NC(=O)C(N)C(C)O)C(=O)O. The van der Waals surface area contributed by atoms with Crippen LogP contribution in [0.15, 0.2) is 0 Å². The van der Waals surface area contributed by atoms with Crippen molar-refractivity contribution in [2.24, 2.45) is 11.7 Å². The molecule has 174 valence electrons. The average Bonchev–Trinajstić information content (AvgIpc) is 2.70. The minimum Gasteiger partial charge on any atom is -0.480 e. The Hall–Kier alpha value is -1.89. The summed E-state index contributed by atoms with van der Waals surface area (Å²) in [5.74, 6) is -3.41. The molecule has 0 heterocycles. The molecular weight excluding hydrogens is 416 g/mol. The van der Waals surface area contributed by atoms with Crippen LogP contribution < -0.4 is 21.7 Å². The van der Waals surface area contributed by atoms with Crippen LogP contribution in [0.2, 0.25) is 0 Å². The highest BCUT2D eigenvalue weighted by Gasteiger charge is 2.31. The molecule has 0 fully saturated rings. The van der Waals surface area contributed by atoms with Crippen molar-refractivity contribution >= 4 is 35.5 Å². The Morgan fingerprint density at radius 1 is 1.00 bits per heavy atom. The van der Waals surface area contributed by atoms with Crippen molar-refractivity contribution < 1.29 is 34.5 Å². The zero-order valence-corrected chi connectivity index (χ0v) is 18.6. The number of hydrogen-bond donors (Lipinski definition) is 7. The lowest BCUT2D eigenvalue weighted by atomic mass is 9.99. The number of aliphatic hydroxyl groups excluding tert-OH is 2. The molecule has 8 N–H and O–H groups in total. The molecule has 0 aliphatic carbocycles. The zero-order chi connectivity index (χ0) is 23.4. The van der Waals surface area contributed by atoms with Gasteiger partial charge in [-0.3, -0.25) is 14.4 Å². The predicted octanol–water partition coefficient (Wildman–Crippen LogP) is -1.97. The zero-order valence-electron chi connectivity index (χ0n) is 17.8. The fourth-order valence-electron chi connectivity index (χ4n) is 2.39. The number of carboxylic acids is 1. The minimum atomic E-state index is -1.40. The van der Waals surface area contributed by atoms with E-state index in [1.165, 1.54) is 18.7 Å². The summed E-state index contributed by atoms with van der Waals surface area (Å²) in [6, 6.07) is -4.87. The Kier molecular flexibility index (Phi) is 13.3. The van der Waals surface area contributed by atoms with Gasteiger partial charge in [-0.2, -0.15) is 11.8 Å². The highest BCUT2D eigenvalue weighted by Crippen LogP contribution is 2.08. The number of nitrogens with one attached hydrogen (secondary N) is 3. The van der Waals surface area contributed by atoms with Crippen LogP contribution in [-0.2, 0) is 19.2 Å². The number of carboxylic acid groups (broad SMARTS) is 1. The van der Waals surface area contributed by atoms with Crippen LogP contribution in [0.3, 0.4) is 0 Å². The summed E-state index contributed by atoms with van der Waals surface area (Å²) in [4.78, 5) is 48.5. The van der Waals surface area contributed by atoms with Gasteiger partial charge in [0.05, 0.1) is 12.7 Å². The molecule has 0 aliphatic heterocycles. The van der Waals surface area contributed by atoms with E-state index < -0.39 is 60.6 Å². The summed E-state index contributed by atoms with van der Waals surface area (Å²) in [5, 5.41) is 35.3. The first-order valence-electron chi connectivity index (χ1n) is 9.67. The number of nitrogens with two attached hydrogens (primary N) is 1. The molecule has 0 aromatic rings. The number of carbonyl (C=O) groups excluding carboxylic acids is 3. The Bertz CT molecular complexity index is 591. The Morgan fingerprint density at radius 3 is 1.97 bits per heavy atom. The van der Waals surface area contributed by atoms with Gasteiger partial charge in [-0.1, -0.05) is 20.3 Å². The van der Waals surface area contributed by atoms with Crippen LogP contribution in [0.25, 0.3) is 0 Å². The molecule has 0 saturated heterocycles. The molecule has 30 heavy (non-hydrogen) atoms. The first-order chi connectivity index (χ1) is 14.0. The van der Waals surface area contributed by atoms with E-state index in [0.717, 1.165) is 0 Å². The van der Waals surface area contributed by atoms with Gasteiger partial charge in [-0.25, -0.2) is 4.79 Å². The maximum absolute atomic E-state index is 12.6. The maximum atomic E-state index is 12.6. The molecule has 0 aliphatic rings. The molecule has 6 atom stereocenters. The van der Waals surface area contributed by atoms with Gasteiger partial charge in [0.15, 0.2) is 0 Å². The number of aliphatic carboxylic acids is 1. The topological polar surface area (TPSA) is 191 Å². The lowest BCUT2D eigenvalue weighted by Gasteiger charge is -2.26. The Labute approximate surface area is 180 Å². The largest absolute Gasteiger partial charge is 0.480 e. The Balaban J connectivity index is 5.24. The lowest BCUT2D eigenvalue weighted by Crippen LogP contribution is -2.59. The van der Waals surface area contributed by atoms with Crippen LogP contribution in [0.1, 0.15) is 33.6 Å². The van der Waals surface area contributed by atoms with Gasteiger partial charge >= 0.3 is 5.97 Å². The first kappa shape index (κ1) is 28.1. The maximum Gasteiger partial charge on any atom is 0.326 e. The van der Waals surface area contributed by atoms with Gasteiger partial charge in [0.25, 0.3) is 0 Å². The molecule has 12 heteroatoms. The number of hydrogen-bond acceptors (Lipinski definition) is 8. The number of aliphatic hydroxyl groups is 2. The van der Waals surface area contributed by atoms with Crippen molar-refractivity contribution in [2.45, 2.75) is 63.9 Å². The fraction of sp³-hybridized carbons (Fsp3) is 0.778. The van der Waals surface area contributed by atoms with E-state index in [-0.39, 0.29) is 12.3 Å². The van der Waals surface area contributed by atoms with Crippen molar-refractivity contribution in [1.82, 2.24) is 16.0 Å². The van der Waals surface area contributed by atoms with E-state index >= 15 is 0 Å². The van der Waals surface area contributed by atoms with Gasteiger partial charge in [0, 0.05) is 0 Å². The second-order valence-corrected chi connectivity index (χ2v) is 8.05. The average molecular weight is 451 g/mol.